The second kappa shape index (κ2) is 10.7. The molecule has 0 aromatic heterocycles. The van der Waals surface area contributed by atoms with E-state index in [1.54, 1.807) is 0 Å². The summed E-state index contributed by atoms with van der Waals surface area (Å²) in [4.78, 5) is 2.38. The maximum Gasteiger partial charge on any atom is 0.175 e. The van der Waals surface area contributed by atoms with Crippen molar-refractivity contribution in [3.8, 4) is 0 Å². The van der Waals surface area contributed by atoms with Crippen LogP contribution in [0.15, 0.2) is 109 Å². The summed E-state index contributed by atoms with van der Waals surface area (Å²) >= 11 is 0. The van der Waals surface area contributed by atoms with Crippen LogP contribution in [0.4, 0.5) is 17.1 Å². The monoisotopic (exact) mass is 639 g/mol. The van der Waals surface area contributed by atoms with E-state index in [0.29, 0.717) is 11.8 Å². The van der Waals surface area contributed by atoms with Gasteiger partial charge in [0.1, 0.15) is 0 Å². The van der Waals surface area contributed by atoms with Gasteiger partial charge in [-0.25, -0.2) is 0 Å². The predicted octanol–water partition coefficient (Wildman–Crippen LogP) is 8.69. The van der Waals surface area contributed by atoms with Gasteiger partial charge in [-0.15, -0.1) is 0 Å². The van der Waals surface area contributed by atoms with Gasteiger partial charge in [-0.3, -0.25) is 0 Å². The molecule has 9 rings (SSSR count). The number of hydrogen-bond acceptors (Lipinski definition) is 3. The standard InChI is InChI=1S/C41H39NO2P2/c1-28-24-39-41-40(25-28)46(44,34-18-6-3-7-19-34)38-23-21-32(30-14-10-11-15-30)27-36(38)42(41)35-26-31(29-12-8-9-13-29)20-22-37(35)45(39,43)33-16-4-2-5-17-33/h2-7,16-27,29-30H,8-15H2,1H3. The minimum atomic E-state index is -3.32. The number of rotatable bonds is 4. The van der Waals surface area contributed by atoms with Crippen LogP contribution in [-0.2, 0) is 9.13 Å². The van der Waals surface area contributed by atoms with Crippen LogP contribution in [0.2, 0.25) is 0 Å². The molecule has 2 saturated carbocycles. The van der Waals surface area contributed by atoms with Crippen molar-refractivity contribution in [3.05, 3.63) is 126 Å². The second-order valence-corrected chi connectivity index (χ2v) is 19.2. The minimum Gasteiger partial charge on any atom is -0.308 e. The summed E-state index contributed by atoms with van der Waals surface area (Å²) < 4.78 is 32.2. The summed E-state index contributed by atoms with van der Waals surface area (Å²) in [5.41, 5.74) is 6.52. The van der Waals surface area contributed by atoms with Crippen molar-refractivity contribution in [3.63, 3.8) is 0 Å². The molecule has 0 N–H and O–H groups in total. The van der Waals surface area contributed by atoms with E-state index >= 15 is 9.13 Å². The van der Waals surface area contributed by atoms with Crippen LogP contribution in [0, 0.1) is 6.92 Å². The normalized spacial score (nSPS) is 23.6. The van der Waals surface area contributed by atoms with Gasteiger partial charge in [0.25, 0.3) is 0 Å². The first-order valence-electron chi connectivity index (χ1n) is 17.0. The van der Waals surface area contributed by atoms with Gasteiger partial charge in [-0.05, 0) is 97.5 Å². The first-order valence-corrected chi connectivity index (χ1v) is 20.5. The Labute approximate surface area is 272 Å². The molecule has 0 bridgehead atoms. The molecule has 2 unspecified atom stereocenters. The topological polar surface area (TPSA) is 37.4 Å². The number of anilines is 3. The van der Waals surface area contributed by atoms with Crippen LogP contribution in [0.5, 0.6) is 0 Å². The number of fused-ring (bicyclic) bond motifs is 4. The fourth-order valence-electron chi connectivity index (χ4n) is 8.91. The van der Waals surface area contributed by atoms with Gasteiger partial charge < -0.3 is 14.0 Å². The maximum absolute atomic E-state index is 16.1. The number of nitrogens with zero attached hydrogens (tertiary/aromatic N) is 1. The predicted molar refractivity (Wildman–Crippen MR) is 194 cm³/mol. The Kier molecular flexibility index (Phi) is 6.64. The number of benzene rings is 5. The highest BCUT2D eigenvalue weighted by atomic mass is 31.2. The van der Waals surface area contributed by atoms with E-state index in [4.69, 9.17) is 0 Å². The second-order valence-electron chi connectivity index (χ2n) is 13.8. The van der Waals surface area contributed by atoms with Crippen molar-refractivity contribution in [1.82, 2.24) is 0 Å². The molecule has 0 saturated heterocycles. The summed E-state index contributed by atoms with van der Waals surface area (Å²) in [5, 5.41) is 5.05. The maximum atomic E-state index is 16.1. The molecule has 2 aliphatic carbocycles. The third-order valence-electron chi connectivity index (χ3n) is 11.2. The highest BCUT2D eigenvalue weighted by molar-refractivity contribution is 7.88. The van der Waals surface area contributed by atoms with E-state index in [1.807, 2.05) is 60.7 Å². The van der Waals surface area contributed by atoms with Gasteiger partial charge in [-0.2, -0.15) is 0 Å². The Balaban J connectivity index is 1.41. The first kappa shape index (κ1) is 28.6. The van der Waals surface area contributed by atoms with E-state index in [1.165, 1.54) is 62.5 Å². The smallest absolute Gasteiger partial charge is 0.175 e. The van der Waals surface area contributed by atoms with E-state index in [0.717, 1.165) is 54.5 Å². The van der Waals surface area contributed by atoms with E-state index < -0.39 is 14.3 Å². The Morgan fingerprint density at radius 1 is 0.522 bits per heavy atom. The summed E-state index contributed by atoms with van der Waals surface area (Å²) in [7, 11) is -6.65. The molecule has 0 amide bonds. The van der Waals surface area contributed by atoms with Gasteiger partial charge >= 0.3 is 0 Å². The largest absolute Gasteiger partial charge is 0.308 e. The van der Waals surface area contributed by atoms with E-state index in [2.05, 4.69) is 60.4 Å². The molecule has 5 heteroatoms. The summed E-state index contributed by atoms with van der Waals surface area (Å²) in [5.74, 6) is 1.04. The molecule has 2 atom stereocenters. The molecule has 4 aliphatic rings. The highest BCUT2D eigenvalue weighted by Gasteiger charge is 2.50. The molecule has 2 heterocycles. The first-order chi connectivity index (χ1) is 22.5. The third kappa shape index (κ3) is 4.04. The third-order valence-corrected chi connectivity index (χ3v) is 17.4. The SMILES string of the molecule is Cc1cc2c3c(c1)P(=O)(c1ccccc1)c1ccc(C4CCCC4)cc1N3c1cc(C3CCCC3)ccc1P2(=O)c1ccccc1. The lowest BCUT2D eigenvalue weighted by Crippen LogP contribution is -2.46. The van der Waals surface area contributed by atoms with Crippen molar-refractivity contribution in [2.45, 2.75) is 70.1 Å². The van der Waals surface area contributed by atoms with Gasteiger partial charge in [0.15, 0.2) is 14.3 Å². The van der Waals surface area contributed by atoms with Crippen molar-refractivity contribution < 1.29 is 9.13 Å². The van der Waals surface area contributed by atoms with Crippen molar-refractivity contribution in [1.29, 1.82) is 0 Å². The minimum absolute atomic E-state index is 0.518. The number of aryl methyl sites for hydroxylation is 1. The molecule has 0 spiro atoms. The van der Waals surface area contributed by atoms with Crippen LogP contribution in [0.25, 0.3) is 0 Å². The van der Waals surface area contributed by atoms with Crippen LogP contribution in [-0.4, -0.2) is 0 Å². The fourth-order valence-corrected chi connectivity index (χ4v) is 15.2. The van der Waals surface area contributed by atoms with Crippen LogP contribution >= 0.6 is 14.3 Å². The summed E-state index contributed by atoms with van der Waals surface area (Å²) in [6, 6.07) is 37.8. The Morgan fingerprint density at radius 3 is 1.35 bits per heavy atom. The van der Waals surface area contributed by atoms with Crippen LogP contribution in [0.3, 0.4) is 0 Å². The Morgan fingerprint density at radius 2 is 0.935 bits per heavy atom. The zero-order valence-electron chi connectivity index (χ0n) is 26.4. The molecule has 230 valence electrons. The summed E-state index contributed by atoms with van der Waals surface area (Å²) in [6.45, 7) is 2.06. The molecule has 5 aromatic carbocycles. The van der Waals surface area contributed by atoms with Crippen molar-refractivity contribution in [2.24, 2.45) is 0 Å². The molecule has 5 aromatic rings. The molecular formula is C41H39NO2P2. The van der Waals surface area contributed by atoms with E-state index in [-0.39, 0.29) is 0 Å². The van der Waals surface area contributed by atoms with Gasteiger partial charge in [0, 0.05) is 31.8 Å². The molecule has 0 radical (unpaired) electrons. The van der Waals surface area contributed by atoms with Crippen molar-refractivity contribution >= 4 is 63.2 Å². The molecular weight excluding hydrogens is 600 g/mol. The Bertz CT molecular complexity index is 1950. The van der Waals surface area contributed by atoms with Gasteiger partial charge in [0.05, 0.1) is 17.1 Å². The summed E-state index contributed by atoms with van der Waals surface area (Å²) in [6.07, 6.45) is 9.82. The lowest BCUT2D eigenvalue weighted by Gasteiger charge is -2.45. The Hall–Kier alpha value is -3.64. The lowest BCUT2D eigenvalue weighted by molar-refractivity contribution is 0.592. The van der Waals surface area contributed by atoms with E-state index in [9.17, 15) is 0 Å². The van der Waals surface area contributed by atoms with Gasteiger partial charge in [0.2, 0.25) is 0 Å². The molecule has 46 heavy (non-hydrogen) atoms. The molecule has 3 nitrogen and oxygen atoms in total. The average Bonchev–Trinajstić information content (AvgIpc) is 3.84. The zero-order valence-corrected chi connectivity index (χ0v) is 28.2. The fraction of sp³-hybridized carbons (Fsp3) is 0.268. The van der Waals surface area contributed by atoms with Crippen molar-refractivity contribution in [2.75, 3.05) is 4.90 Å². The van der Waals surface area contributed by atoms with Crippen LogP contribution in [0.1, 0.15) is 79.9 Å². The number of hydrogen-bond donors (Lipinski definition) is 0. The van der Waals surface area contributed by atoms with Crippen LogP contribution < -0.4 is 36.7 Å². The zero-order chi connectivity index (χ0) is 31.0. The highest BCUT2D eigenvalue weighted by Crippen LogP contribution is 2.61. The molecule has 2 fully saturated rings. The van der Waals surface area contributed by atoms with Gasteiger partial charge in [-0.1, -0.05) is 98.5 Å². The molecule has 2 aliphatic heterocycles. The lowest BCUT2D eigenvalue weighted by atomic mass is 9.95. The quantitative estimate of drug-likeness (QED) is 0.181. The average molecular weight is 640 g/mol.